The number of ether oxygens (including phenoxy) is 1. The van der Waals surface area contributed by atoms with Crippen molar-refractivity contribution < 1.29 is 4.74 Å². The second-order valence-electron chi connectivity index (χ2n) is 5.85. The summed E-state index contributed by atoms with van der Waals surface area (Å²) in [4.78, 5) is 12.7. The molecule has 1 aromatic rings. The normalized spacial score (nSPS) is 21.9. The lowest BCUT2D eigenvalue weighted by atomic mass is 9.81. The third-order valence-corrected chi connectivity index (χ3v) is 4.01. The Balaban J connectivity index is 1.85. The summed E-state index contributed by atoms with van der Waals surface area (Å²) >= 11 is 0. The first kappa shape index (κ1) is 15.8. The topological polar surface area (TPSA) is 72.0 Å². The van der Waals surface area contributed by atoms with E-state index in [2.05, 4.69) is 32.5 Å². The molecular weight excluding hydrogens is 266 g/mol. The molecule has 0 aliphatic heterocycles. The van der Waals surface area contributed by atoms with Gasteiger partial charge in [-0.25, -0.2) is 0 Å². The van der Waals surface area contributed by atoms with Gasteiger partial charge in [0, 0.05) is 13.1 Å². The Morgan fingerprint density at radius 2 is 1.90 bits per heavy atom. The van der Waals surface area contributed by atoms with Crippen molar-refractivity contribution in [3.05, 3.63) is 0 Å². The molecule has 2 rings (SSSR count). The Hall–Kier alpha value is -1.59. The van der Waals surface area contributed by atoms with Crippen LogP contribution in [-0.4, -0.2) is 35.2 Å². The van der Waals surface area contributed by atoms with E-state index in [1.807, 2.05) is 6.92 Å². The second-order valence-corrected chi connectivity index (χ2v) is 5.85. The Morgan fingerprint density at radius 1 is 1.14 bits per heavy atom. The smallest absolute Gasteiger partial charge is 0.322 e. The standard InChI is InChI=1S/C15H27N5O/c1-4-16-13-18-14(20-15(19-13)21-3)17-9-8-12-7-5-6-11(2)10-12/h11-12H,4-10H2,1-3H3,(H2,16,17,18,19,20). The van der Waals surface area contributed by atoms with Crippen LogP contribution in [0.25, 0.3) is 0 Å². The number of methoxy groups -OCH3 is 1. The number of hydrogen-bond acceptors (Lipinski definition) is 6. The lowest BCUT2D eigenvalue weighted by Gasteiger charge is -2.26. The van der Waals surface area contributed by atoms with Crippen molar-refractivity contribution in [2.45, 2.75) is 46.0 Å². The molecule has 0 bridgehead atoms. The minimum Gasteiger partial charge on any atom is -0.467 e. The van der Waals surface area contributed by atoms with Crippen molar-refractivity contribution >= 4 is 11.9 Å². The maximum Gasteiger partial charge on any atom is 0.322 e. The number of aromatic nitrogens is 3. The van der Waals surface area contributed by atoms with Gasteiger partial charge in [-0.3, -0.25) is 0 Å². The van der Waals surface area contributed by atoms with Gasteiger partial charge in [0.15, 0.2) is 0 Å². The third-order valence-electron chi connectivity index (χ3n) is 4.01. The van der Waals surface area contributed by atoms with Crippen molar-refractivity contribution in [3.8, 4) is 6.01 Å². The Bertz CT molecular complexity index is 440. The predicted octanol–water partition coefficient (Wildman–Crippen LogP) is 2.94. The molecule has 1 saturated carbocycles. The fourth-order valence-electron chi connectivity index (χ4n) is 2.97. The second kappa shape index (κ2) is 8.00. The van der Waals surface area contributed by atoms with Gasteiger partial charge >= 0.3 is 6.01 Å². The monoisotopic (exact) mass is 293 g/mol. The molecule has 6 nitrogen and oxygen atoms in total. The van der Waals surface area contributed by atoms with Crippen LogP contribution in [0.2, 0.25) is 0 Å². The van der Waals surface area contributed by atoms with Crippen LogP contribution in [0.1, 0.15) is 46.0 Å². The lowest BCUT2D eigenvalue weighted by Crippen LogP contribution is -2.17. The molecule has 0 radical (unpaired) electrons. The van der Waals surface area contributed by atoms with Crippen LogP contribution in [-0.2, 0) is 0 Å². The molecule has 21 heavy (non-hydrogen) atoms. The average Bonchev–Trinajstić information content (AvgIpc) is 2.47. The first-order valence-electron chi connectivity index (χ1n) is 7.99. The van der Waals surface area contributed by atoms with Gasteiger partial charge in [-0.15, -0.1) is 0 Å². The van der Waals surface area contributed by atoms with Gasteiger partial charge in [-0.1, -0.05) is 26.2 Å². The molecule has 0 aromatic carbocycles. The molecule has 2 N–H and O–H groups in total. The highest BCUT2D eigenvalue weighted by Gasteiger charge is 2.18. The number of anilines is 2. The third kappa shape index (κ3) is 5.02. The van der Waals surface area contributed by atoms with Crippen molar-refractivity contribution in [1.29, 1.82) is 0 Å². The van der Waals surface area contributed by atoms with E-state index in [1.165, 1.54) is 32.1 Å². The lowest BCUT2D eigenvalue weighted by molar-refractivity contribution is 0.274. The van der Waals surface area contributed by atoms with Crippen LogP contribution < -0.4 is 15.4 Å². The van der Waals surface area contributed by atoms with Crippen molar-refractivity contribution in [1.82, 2.24) is 15.0 Å². The summed E-state index contributed by atoms with van der Waals surface area (Å²) in [5.41, 5.74) is 0. The van der Waals surface area contributed by atoms with Gasteiger partial charge in [0.25, 0.3) is 0 Å². The molecule has 1 fully saturated rings. The van der Waals surface area contributed by atoms with Crippen LogP contribution in [0.3, 0.4) is 0 Å². The van der Waals surface area contributed by atoms with Gasteiger partial charge in [0.2, 0.25) is 11.9 Å². The van der Waals surface area contributed by atoms with Gasteiger partial charge < -0.3 is 15.4 Å². The highest BCUT2D eigenvalue weighted by molar-refractivity contribution is 5.35. The van der Waals surface area contributed by atoms with E-state index >= 15 is 0 Å². The fraction of sp³-hybridized carbons (Fsp3) is 0.800. The van der Waals surface area contributed by atoms with E-state index in [1.54, 1.807) is 7.11 Å². The summed E-state index contributed by atoms with van der Waals surface area (Å²) in [6, 6.07) is 0.342. The fourth-order valence-corrected chi connectivity index (χ4v) is 2.97. The molecule has 6 heteroatoms. The van der Waals surface area contributed by atoms with Crippen LogP contribution in [0, 0.1) is 11.8 Å². The summed E-state index contributed by atoms with van der Waals surface area (Å²) in [6.45, 7) is 6.04. The highest BCUT2D eigenvalue weighted by atomic mass is 16.5. The van der Waals surface area contributed by atoms with Gasteiger partial charge in [-0.05, 0) is 31.6 Å². The van der Waals surface area contributed by atoms with E-state index in [9.17, 15) is 0 Å². The van der Waals surface area contributed by atoms with Crippen LogP contribution in [0.5, 0.6) is 6.01 Å². The molecule has 1 heterocycles. The first-order valence-corrected chi connectivity index (χ1v) is 7.99. The molecule has 2 unspecified atom stereocenters. The molecular formula is C15H27N5O. The summed E-state index contributed by atoms with van der Waals surface area (Å²) in [6.07, 6.45) is 6.64. The SMILES string of the molecule is CCNc1nc(NCCC2CCCC(C)C2)nc(OC)n1. The first-order chi connectivity index (χ1) is 10.2. The minimum absolute atomic E-state index is 0.342. The van der Waals surface area contributed by atoms with E-state index < -0.39 is 0 Å². The summed E-state index contributed by atoms with van der Waals surface area (Å²) < 4.78 is 5.11. The zero-order chi connectivity index (χ0) is 15.1. The molecule has 1 aliphatic carbocycles. The number of hydrogen-bond donors (Lipinski definition) is 2. The Labute approximate surface area is 127 Å². The Kier molecular flexibility index (Phi) is 6.02. The summed E-state index contributed by atoms with van der Waals surface area (Å²) in [5, 5.41) is 6.38. The maximum atomic E-state index is 5.11. The van der Waals surface area contributed by atoms with Gasteiger partial charge in [0.1, 0.15) is 0 Å². The van der Waals surface area contributed by atoms with E-state index in [-0.39, 0.29) is 0 Å². The molecule has 1 aromatic heterocycles. The maximum absolute atomic E-state index is 5.11. The van der Waals surface area contributed by atoms with Crippen LogP contribution >= 0.6 is 0 Å². The quantitative estimate of drug-likeness (QED) is 0.805. The molecule has 0 saturated heterocycles. The Morgan fingerprint density at radius 3 is 2.57 bits per heavy atom. The number of rotatable bonds is 7. The van der Waals surface area contributed by atoms with Crippen LogP contribution in [0.4, 0.5) is 11.9 Å². The van der Waals surface area contributed by atoms with E-state index in [0.29, 0.717) is 17.9 Å². The van der Waals surface area contributed by atoms with Crippen molar-refractivity contribution in [2.24, 2.45) is 11.8 Å². The van der Waals surface area contributed by atoms with E-state index in [4.69, 9.17) is 4.74 Å². The average molecular weight is 293 g/mol. The molecule has 0 amide bonds. The summed E-state index contributed by atoms with van der Waals surface area (Å²) in [5.74, 6) is 2.85. The van der Waals surface area contributed by atoms with Crippen molar-refractivity contribution in [3.63, 3.8) is 0 Å². The number of nitrogens with zero attached hydrogens (tertiary/aromatic N) is 3. The zero-order valence-electron chi connectivity index (χ0n) is 13.4. The minimum atomic E-state index is 0.342. The van der Waals surface area contributed by atoms with Gasteiger partial charge in [-0.2, -0.15) is 15.0 Å². The molecule has 1 aliphatic rings. The predicted molar refractivity (Wildman–Crippen MR) is 84.8 cm³/mol. The molecule has 0 spiro atoms. The van der Waals surface area contributed by atoms with Crippen molar-refractivity contribution in [2.75, 3.05) is 30.8 Å². The zero-order valence-corrected chi connectivity index (χ0v) is 13.4. The summed E-state index contributed by atoms with van der Waals surface area (Å²) in [7, 11) is 1.57. The largest absolute Gasteiger partial charge is 0.467 e. The number of nitrogens with one attached hydrogen (secondary N) is 2. The molecule has 2 atom stereocenters. The van der Waals surface area contributed by atoms with Crippen LogP contribution in [0.15, 0.2) is 0 Å². The van der Waals surface area contributed by atoms with E-state index in [0.717, 1.165) is 24.9 Å². The van der Waals surface area contributed by atoms with Gasteiger partial charge in [0.05, 0.1) is 7.11 Å². The highest BCUT2D eigenvalue weighted by Crippen LogP contribution is 2.30. The molecule has 118 valence electrons.